The number of rotatable bonds is 5. The van der Waals surface area contributed by atoms with Gasteiger partial charge in [-0.05, 0) is 19.1 Å². The van der Waals surface area contributed by atoms with Crippen LogP contribution in [0, 0.1) is 11.5 Å². The van der Waals surface area contributed by atoms with E-state index in [0.29, 0.717) is 5.69 Å². The number of esters is 1. The van der Waals surface area contributed by atoms with E-state index in [2.05, 4.69) is 41.4 Å². The lowest BCUT2D eigenvalue weighted by Crippen LogP contribution is -2.22. The molecule has 0 saturated carbocycles. The molecule has 140 valence electrons. The van der Waals surface area contributed by atoms with E-state index in [9.17, 15) is 9.59 Å². The van der Waals surface area contributed by atoms with E-state index in [4.69, 9.17) is 4.74 Å². The molecule has 0 aliphatic heterocycles. The maximum atomic E-state index is 12.0. The Morgan fingerprint density at radius 2 is 1.96 bits per heavy atom. The van der Waals surface area contributed by atoms with Crippen LogP contribution in [0.2, 0.25) is 19.6 Å². The summed E-state index contributed by atoms with van der Waals surface area (Å²) in [5, 5.41) is 3.76. The quantitative estimate of drug-likeness (QED) is 0.374. The van der Waals surface area contributed by atoms with E-state index in [1.807, 2.05) is 30.3 Å². The normalized spacial score (nSPS) is 11.1. The van der Waals surface area contributed by atoms with Crippen LogP contribution in [-0.4, -0.2) is 31.5 Å². The van der Waals surface area contributed by atoms with Crippen molar-refractivity contribution in [3.05, 3.63) is 53.7 Å². The van der Waals surface area contributed by atoms with Gasteiger partial charge in [-0.15, -0.1) is 5.54 Å². The lowest BCUT2D eigenvalue weighted by molar-refractivity contribution is -0.137. The summed E-state index contributed by atoms with van der Waals surface area (Å²) in [6.07, 6.45) is 2.28. The first-order valence-electron chi connectivity index (χ1n) is 8.83. The molecule has 2 rings (SSSR count). The number of carbonyl (C=O) groups excluding carboxylic acids is 2. The maximum absolute atomic E-state index is 12.0. The van der Waals surface area contributed by atoms with Crippen LogP contribution in [0.5, 0.6) is 0 Å². The molecule has 1 aromatic carbocycles. The largest absolute Gasteiger partial charge is 0.463 e. The van der Waals surface area contributed by atoms with Gasteiger partial charge >= 0.3 is 5.97 Å². The molecule has 0 atom stereocenters. The molecule has 0 saturated heterocycles. The summed E-state index contributed by atoms with van der Waals surface area (Å²) in [5.74, 6) is 2.28. The first kappa shape index (κ1) is 20.4. The molecular formula is C21H24N2O3Si. The molecule has 1 N–H and O–H groups in total. The molecular weight excluding hydrogens is 356 g/mol. The Morgan fingerprint density at radius 1 is 1.22 bits per heavy atom. The molecule has 6 heteroatoms. The molecule has 5 nitrogen and oxygen atoms in total. The van der Waals surface area contributed by atoms with Gasteiger partial charge in [0.25, 0.3) is 0 Å². The van der Waals surface area contributed by atoms with Gasteiger partial charge in [-0.1, -0.05) is 43.8 Å². The maximum Gasteiger partial charge on any atom is 0.330 e. The second-order valence-electron chi connectivity index (χ2n) is 6.99. The minimum atomic E-state index is -1.56. The molecule has 0 aliphatic rings. The van der Waals surface area contributed by atoms with Crippen molar-refractivity contribution in [1.82, 2.24) is 10.3 Å². The third-order valence-corrected chi connectivity index (χ3v) is 4.34. The highest BCUT2D eigenvalue weighted by Crippen LogP contribution is 2.16. The number of hydrogen-bond acceptors (Lipinski definition) is 4. The van der Waals surface area contributed by atoms with E-state index in [0.717, 1.165) is 22.5 Å². The number of nitrogens with one attached hydrogen (secondary N) is 1. The van der Waals surface area contributed by atoms with Crippen molar-refractivity contribution in [1.29, 1.82) is 0 Å². The molecule has 0 bridgehead atoms. The van der Waals surface area contributed by atoms with Gasteiger partial charge in [0, 0.05) is 29.6 Å². The number of aromatic nitrogens is 1. The Labute approximate surface area is 160 Å². The second kappa shape index (κ2) is 9.15. The average Bonchev–Trinajstić information content (AvgIpc) is 2.62. The van der Waals surface area contributed by atoms with Gasteiger partial charge in [0.2, 0.25) is 5.91 Å². The van der Waals surface area contributed by atoms with Crippen molar-refractivity contribution in [3.8, 4) is 11.5 Å². The van der Waals surface area contributed by atoms with Crippen molar-refractivity contribution in [2.45, 2.75) is 33.1 Å². The van der Waals surface area contributed by atoms with Crippen LogP contribution in [0.15, 0.2) is 42.5 Å². The number of ether oxygens (including phenoxy) is 1. The SMILES string of the molecule is CCOC(=O)/C=C/C(=O)NCc1cc2ccccc2nc1C#C[Si](C)(C)C. The van der Waals surface area contributed by atoms with Crippen molar-refractivity contribution in [2.24, 2.45) is 0 Å². The zero-order valence-corrected chi connectivity index (χ0v) is 17.1. The molecule has 1 amide bonds. The molecule has 0 fully saturated rings. The Morgan fingerprint density at radius 3 is 2.67 bits per heavy atom. The number of hydrogen-bond donors (Lipinski definition) is 1. The lowest BCUT2D eigenvalue weighted by atomic mass is 10.1. The highest BCUT2D eigenvalue weighted by atomic mass is 28.3. The van der Waals surface area contributed by atoms with Crippen LogP contribution >= 0.6 is 0 Å². The number of amides is 1. The van der Waals surface area contributed by atoms with Crippen molar-refractivity contribution in [2.75, 3.05) is 6.61 Å². The molecule has 27 heavy (non-hydrogen) atoms. The first-order chi connectivity index (χ1) is 12.8. The predicted molar refractivity (Wildman–Crippen MR) is 110 cm³/mol. The minimum Gasteiger partial charge on any atom is -0.463 e. The van der Waals surface area contributed by atoms with Crippen LogP contribution in [0.25, 0.3) is 10.9 Å². The fraction of sp³-hybridized carbons (Fsp3) is 0.286. The van der Waals surface area contributed by atoms with Gasteiger partial charge in [-0.2, -0.15) is 0 Å². The topological polar surface area (TPSA) is 68.3 Å². The van der Waals surface area contributed by atoms with Crippen LogP contribution in [-0.2, 0) is 20.9 Å². The highest BCUT2D eigenvalue weighted by molar-refractivity contribution is 6.83. The number of pyridine rings is 1. The lowest BCUT2D eigenvalue weighted by Gasteiger charge is -2.09. The van der Waals surface area contributed by atoms with E-state index in [-0.39, 0.29) is 19.1 Å². The summed E-state index contributed by atoms with van der Waals surface area (Å²) < 4.78 is 4.76. The van der Waals surface area contributed by atoms with Gasteiger partial charge < -0.3 is 10.1 Å². The van der Waals surface area contributed by atoms with Gasteiger partial charge in [-0.25, -0.2) is 9.78 Å². The fourth-order valence-electron chi connectivity index (χ4n) is 2.22. The first-order valence-corrected chi connectivity index (χ1v) is 12.3. The van der Waals surface area contributed by atoms with Crippen molar-refractivity contribution >= 4 is 30.9 Å². The summed E-state index contributed by atoms with van der Waals surface area (Å²) in [6, 6.07) is 9.80. The summed E-state index contributed by atoms with van der Waals surface area (Å²) in [6.45, 7) is 8.77. The number of carbonyl (C=O) groups is 2. The van der Waals surface area contributed by atoms with E-state index >= 15 is 0 Å². The van der Waals surface area contributed by atoms with Gasteiger partial charge in [0.15, 0.2) is 0 Å². The standard InChI is InChI=1S/C21H24N2O3Si/c1-5-26-21(25)11-10-20(24)22-15-17-14-16-8-6-7-9-18(16)23-19(17)12-13-27(2,3)4/h6-11,14H,5,15H2,1-4H3,(H,22,24)/b11-10+. The number of fused-ring (bicyclic) bond motifs is 1. The van der Waals surface area contributed by atoms with E-state index < -0.39 is 14.0 Å². The molecule has 1 aromatic heterocycles. The monoisotopic (exact) mass is 380 g/mol. The molecule has 0 radical (unpaired) electrons. The number of benzene rings is 1. The van der Waals surface area contributed by atoms with Crippen LogP contribution in [0.4, 0.5) is 0 Å². The number of para-hydroxylation sites is 1. The van der Waals surface area contributed by atoms with Crippen LogP contribution < -0.4 is 5.32 Å². The Balaban J connectivity index is 2.23. The van der Waals surface area contributed by atoms with E-state index in [1.165, 1.54) is 6.08 Å². The van der Waals surface area contributed by atoms with Gasteiger partial charge in [0.05, 0.1) is 12.1 Å². The summed E-state index contributed by atoms with van der Waals surface area (Å²) in [7, 11) is -1.56. The molecule has 1 heterocycles. The third kappa shape index (κ3) is 6.72. The average molecular weight is 381 g/mol. The zero-order chi connectivity index (χ0) is 19.9. The van der Waals surface area contributed by atoms with Crippen LogP contribution in [0.1, 0.15) is 18.2 Å². The molecule has 0 spiro atoms. The Hall–Kier alpha value is -2.91. The highest BCUT2D eigenvalue weighted by Gasteiger charge is 2.10. The summed E-state index contributed by atoms with van der Waals surface area (Å²) in [5.41, 5.74) is 5.71. The van der Waals surface area contributed by atoms with Crippen molar-refractivity contribution < 1.29 is 14.3 Å². The van der Waals surface area contributed by atoms with Gasteiger partial charge in [0.1, 0.15) is 13.8 Å². The fourth-order valence-corrected chi connectivity index (χ4v) is 2.72. The van der Waals surface area contributed by atoms with E-state index in [1.54, 1.807) is 6.92 Å². The smallest absolute Gasteiger partial charge is 0.330 e. The summed E-state index contributed by atoms with van der Waals surface area (Å²) in [4.78, 5) is 27.9. The second-order valence-corrected chi connectivity index (χ2v) is 11.7. The molecule has 0 unspecified atom stereocenters. The molecule has 2 aromatic rings. The minimum absolute atomic E-state index is 0.271. The zero-order valence-electron chi connectivity index (χ0n) is 16.1. The van der Waals surface area contributed by atoms with Gasteiger partial charge in [-0.3, -0.25) is 4.79 Å². The van der Waals surface area contributed by atoms with Crippen molar-refractivity contribution in [3.63, 3.8) is 0 Å². The molecule has 0 aliphatic carbocycles. The van der Waals surface area contributed by atoms with Crippen LogP contribution in [0.3, 0.4) is 0 Å². The third-order valence-electron chi connectivity index (χ3n) is 3.47. The number of nitrogens with zero attached hydrogens (tertiary/aromatic N) is 1. The Kier molecular flexibility index (Phi) is 6.91. The predicted octanol–water partition coefficient (Wildman–Crippen LogP) is 3.20. The Bertz CT molecular complexity index is 934. The summed E-state index contributed by atoms with van der Waals surface area (Å²) >= 11 is 0.